The number of likely N-dealkylation sites (tertiary alicyclic amines) is 1. The number of urea groups is 1. The van der Waals surface area contributed by atoms with E-state index in [0.717, 1.165) is 4.90 Å². The first-order chi connectivity index (χ1) is 10.1. The third kappa shape index (κ3) is 2.36. The molecule has 2 rings (SSSR count). The maximum atomic E-state index is 12.8. The highest BCUT2D eigenvalue weighted by Crippen LogP contribution is 2.45. The topological polar surface area (TPSA) is 52.7 Å². The molecule has 0 aliphatic carbocycles. The Bertz CT molecular complexity index is 574. The lowest BCUT2D eigenvalue weighted by Gasteiger charge is -2.57. The maximum Gasteiger partial charge on any atom is 0.325 e. The summed E-state index contributed by atoms with van der Waals surface area (Å²) in [6.45, 7) is 8.72. The van der Waals surface area contributed by atoms with Gasteiger partial charge < -0.3 is 5.32 Å². The molecule has 1 spiro atoms. The summed E-state index contributed by atoms with van der Waals surface area (Å²) in [7, 11) is 0. The highest BCUT2D eigenvalue weighted by atomic mass is 16.2. The van der Waals surface area contributed by atoms with Gasteiger partial charge in [-0.3, -0.25) is 14.6 Å². The molecule has 2 aliphatic rings. The molecule has 5 heteroatoms. The van der Waals surface area contributed by atoms with Gasteiger partial charge in [0.1, 0.15) is 5.54 Å². The molecule has 3 amide bonds. The first kappa shape index (κ1) is 16.4. The molecule has 0 bridgehead atoms. The molecule has 0 atom stereocenters. The predicted octanol–water partition coefficient (Wildman–Crippen LogP) is 1.20. The fourth-order valence-electron chi connectivity index (χ4n) is 4.22. The monoisotopic (exact) mass is 301 g/mol. The van der Waals surface area contributed by atoms with Crippen molar-refractivity contribution in [3.8, 4) is 24.7 Å². The van der Waals surface area contributed by atoms with Crippen LogP contribution in [0.2, 0.25) is 0 Å². The van der Waals surface area contributed by atoms with Crippen LogP contribution in [0.1, 0.15) is 40.5 Å². The molecule has 0 aromatic rings. The number of hydrogen-bond acceptors (Lipinski definition) is 3. The van der Waals surface area contributed by atoms with E-state index < -0.39 is 11.6 Å². The zero-order valence-corrected chi connectivity index (χ0v) is 13.7. The molecule has 0 saturated carbocycles. The number of terminal acetylenes is 2. The molecule has 22 heavy (non-hydrogen) atoms. The highest BCUT2D eigenvalue weighted by Gasteiger charge is 2.60. The Kier molecular flexibility index (Phi) is 3.75. The Morgan fingerprint density at radius 3 is 2.00 bits per heavy atom. The smallest absolute Gasteiger partial charge is 0.323 e. The molecule has 0 unspecified atom stereocenters. The second-order valence-corrected chi connectivity index (χ2v) is 7.38. The number of nitrogens with zero attached hydrogens (tertiary/aromatic N) is 2. The minimum atomic E-state index is -0.897. The third-order valence-electron chi connectivity index (χ3n) is 4.67. The van der Waals surface area contributed by atoms with E-state index in [1.807, 2.05) is 0 Å². The minimum absolute atomic E-state index is 0.00133. The van der Waals surface area contributed by atoms with Gasteiger partial charge in [0.25, 0.3) is 5.91 Å². The molecular formula is C17H23N3O2. The van der Waals surface area contributed by atoms with Crippen LogP contribution in [0.15, 0.2) is 0 Å². The lowest BCUT2D eigenvalue weighted by molar-refractivity contribution is -0.139. The van der Waals surface area contributed by atoms with E-state index >= 15 is 0 Å². The summed E-state index contributed by atoms with van der Waals surface area (Å²) in [6.07, 6.45) is 11.8. The summed E-state index contributed by atoms with van der Waals surface area (Å²) in [4.78, 5) is 28.3. The van der Waals surface area contributed by atoms with Gasteiger partial charge in [-0.05, 0) is 40.5 Å². The van der Waals surface area contributed by atoms with Crippen LogP contribution in [0.5, 0.6) is 0 Å². The molecule has 2 saturated heterocycles. The number of imide groups is 1. The molecule has 2 fully saturated rings. The van der Waals surface area contributed by atoms with Crippen LogP contribution < -0.4 is 5.32 Å². The lowest BCUT2D eigenvalue weighted by atomic mass is 9.69. The van der Waals surface area contributed by atoms with Crippen molar-refractivity contribution in [3.05, 3.63) is 0 Å². The van der Waals surface area contributed by atoms with E-state index in [-0.39, 0.29) is 23.5 Å². The predicted molar refractivity (Wildman–Crippen MR) is 84.7 cm³/mol. The largest absolute Gasteiger partial charge is 0.325 e. The SMILES string of the molecule is C#CCN1C(=O)NC2(CC(C)(C)N(CC#C)C(C)(C)C2)C1=O. The normalized spacial score (nSPS) is 25.6. The van der Waals surface area contributed by atoms with Gasteiger partial charge in [0.05, 0.1) is 13.1 Å². The second kappa shape index (κ2) is 5.04. The number of carbonyl (C=O) groups excluding carboxylic acids is 2. The summed E-state index contributed by atoms with van der Waals surface area (Å²) in [5.74, 6) is 4.84. The van der Waals surface area contributed by atoms with Crippen molar-refractivity contribution in [1.82, 2.24) is 15.1 Å². The van der Waals surface area contributed by atoms with Gasteiger partial charge in [-0.25, -0.2) is 4.79 Å². The van der Waals surface area contributed by atoms with E-state index in [4.69, 9.17) is 12.8 Å². The first-order valence-corrected chi connectivity index (χ1v) is 7.38. The van der Waals surface area contributed by atoms with E-state index in [1.54, 1.807) is 0 Å². The van der Waals surface area contributed by atoms with Crippen LogP contribution in [0.4, 0.5) is 4.79 Å². The van der Waals surface area contributed by atoms with Crippen LogP contribution in [-0.2, 0) is 4.79 Å². The molecule has 2 heterocycles. The summed E-state index contributed by atoms with van der Waals surface area (Å²) >= 11 is 0. The van der Waals surface area contributed by atoms with Crippen LogP contribution in [-0.4, -0.2) is 51.4 Å². The molecule has 1 N–H and O–H groups in total. The second-order valence-electron chi connectivity index (χ2n) is 7.38. The van der Waals surface area contributed by atoms with Gasteiger partial charge in [-0.15, -0.1) is 12.8 Å². The van der Waals surface area contributed by atoms with E-state index in [9.17, 15) is 9.59 Å². The molecular weight excluding hydrogens is 278 g/mol. The number of amides is 3. The Morgan fingerprint density at radius 2 is 1.55 bits per heavy atom. The number of hydrogen-bond donors (Lipinski definition) is 1. The van der Waals surface area contributed by atoms with Crippen molar-refractivity contribution in [3.63, 3.8) is 0 Å². The fraction of sp³-hybridized carbons (Fsp3) is 0.647. The van der Waals surface area contributed by atoms with Gasteiger partial charge in [-0.2, -0.15) is 0 Å². The van der Waals surface area contributed by atoms with Crippen molar-refractivity contribution in [2.24, 2.45) is 0 Å². The van der Waals surface area contributed by atoms with E-state index in [0.29, 0.717) is 19.4 Å². The molecule has 118 valence electrons. The van der Waals surface area contributed by atoms with Crippen molar-refractivity contribution < 1.29 is 9.59 Å². The van der Waals surface area contributed by atoms with Crippen molar-refractivity contribution in [2.45, 2.75) is 57.2 Å². The average molecular weight is 301 g/mol. The zero-order chi connectivity index (χ0) is 16.8. The van der Waals surface area contributed by atoms with Crippen LogP contribution in [0.3, 0.4) is 0 Å². The molecule has 0 aromatic heterocycles. The van der Waals surface area contributed by atoms with Gasteiger partial charge in [0.2, 0.25) is 0 Å². The van der Waals surface area contributed by atoms with Crippen LogP contribution >= 0.6 is 0 Å². The molecule has 0 radical (unpaired) electrons. The quantitative estimate of drug-likeness (QED) is 0.616. The zero-order valence-electron chi connectivity index (χ0n) is 13.7. The van der Waals surface area contributed by atoms with Crippen molar-refractivity contribution in [1.29, 1.82) is 0 Å². The van der Waals surface area contributed by atoms with Crippen molar-refractivity contribution >= 4 is 11.9 Å². The standard InChI is InChI=1S/C17H23N3O2/c1-7-9-19-13(21)17(18-14(19)22)11-15(3,4)20(10-8-2)16(5,6)12-17/h1-2H,9-12H2,3-6H3,(H,18,22). The Labute approximate surface area is 132 Å². The Balaban J connectivity index is 2.40. The fourth-order valence-corrected chi connectivity index (χ4v) is 4.22. The van der Waals surface area contributed by atoms with Gasteiger partial charge in [0, 0.05) is 11.1 Å². The van der Waals surface area contributed by atoms with E-state index in [1.165, 1.54) is 0 Å². The first-order valence-electron chi connectivity index (χ1n) is 7.38. The number of nitrogens with one attached hydrogen (secondary N) is 1. The summed E-state index contributed by atoms with van der Waals surface area (Å²) in [5, 5.41) is 2.89. The van der Waals surface area contributed by atoms with Gasteiger partial charge in [0.15, 0.2) is 0 Å². The third-order valence-corrected chi connectivity index (χ3v) is 4.67. The lowest BCUT2D eigenvalue weighted by Crippen LogP contribution is -2.69. The van der Waals surface area contributed by atoms with Crippen LogP contribution in [0.25, 0.3) is 0 Å². The summed E-state index contributed by atoms with van der Waals surface area (Å²) < 4.78 is 0. The Morgan fingerprint density at radius 1 is 1.05 bits per heavy atom. The number of carbonyl (C=O) groups is 2. The number of piperidine rings is 1. The van der Waals surface area contributed by atoms with Gasteiger partial charge >= 0.3 is 6.03 Å². The highest BCUT2D eigenvalue weighted by molar-refractivity contribution is 6.07. The van der Waals surface area contributed by atoms with Gasteiger partial charge in [-0.1, -0.05) is 11.8 Å². The molecule has 5 nitrogen and oxygen atoms in total. The van der Waals surface area contributed by atoms with Crippen molar-refractivity contribution in [2.75, 3.05) is 13.1 Å². The Hall–Kier alpha value is -1.98. The number of rotatable bonds is 2. The summed E-state index contributed by atoms with van der Waals surface area (Å²) in [6, 6.07) is -0.403. The summed E-state index contributed by atoms with van der Waals surface area (Å²) in [5.41, 5.74) is -1.53. The minimum Gasteiger partial charge on any atom is -0.323 e. The molecule has 0 aromatic carbocycles. The molecule has 2 aliphatic heterocycles. The average Bonchev–Trinajstić information content (AvgIpc) is 2.57. The van der Waals surface area contributed by atoms with Crippen LogP contribution in [0, 0.1) is 24.7 Å². The maximum absolute atomic E-state index is 12.8. The van der Waals surface area contributed by atoms with E-state index in [2.05, 4.69) is 49.8 Å².